The topological polar surface area (TPSA) is 326 Å². The number of carboxylic acids is 1. The fourth-order valence-corrected chi connectivity index (χ4v) is 9.96. The molecule has 8 amide bonds. The van der Waals surface area contributed by atoms with Gasteiger partial charge in [-0.05, 0) is 86.6 Å². The van der Waals surface area contributed by atoms with E-state index in [0.717, 1.165) is 10.9 Å². The third-order valence-corrected chi connectivity index (χ3v) is 14.5. The predicted octanol–water partition coefficient (Wildman–Crippen LogP) is 0.182. The number of fused-ring (bicyclic) bond motifs is 1. The number of H-pyrrole nitrogens is 1. The molecule has 0 aliphatic carbocycles. The molecule has 3 fully saturated rings. The summed E-state index contributed by atoms with van der Waals surface area (Å²) >= 11 is 0. The summed E-state index contributed by atoms with van der Waals surface area (Å²) in [4.78, 5) is 131. The van der Waals surface area contributed by atoms with Gasteiger partial charge in [0.1, 0.15) is 42.0 Å². The molecular formula is C52H72N10O12. The van der Waals surface area contributed by atoms with E-state index in [4.69, 9.17) is 5.73 Å². The summed E-state index contributed by atoms with van der Waals surface area (Å²) < 4.78 is 0. The number of amides is 8. The Morgan fingerprint density at radius 3 is 1.91 bits per heavy atom. The van der Waals surface area contributed by atoms with Crippen molar-refractivity contribution < 1.29 is 58.5 Å². The number of aliphatic hydroxyl groups is 1. The molecule has 0 radical (unpaired) electrons. The molecule has 1 aromatic heterocycles. The normalized spacial score (nSPS) is 20.5. The van der Waals surface area contributed by atoms with Gasteiger partial charge >= 0.3 is 5.97 Å². The molecule has 0 unspecified atom stereocenters. The van der Waals surface area contributed by atoms with Crippen LogP contribution in [0.1, 0.15) is 90.7 Å². The van der Waals surface area contributed by atoms with E-state index in [-0.39, 0.29) is 49.3 Å². The zero-order valence-electron chi connectivity index (χ0n) is 42.7. The quantitative estimate of drug-likeness (QED) is 0.0643. The number of aromatic hydroxyl groups is 1. The second-order valence-electron chi connectivity index (χ2n) is 20.1. The minimum absolute atomic E-state index is 0.0496. The smallest absolute Gasteiger partial charge is 0.328 e. The Morgan fingerprint density at radius 2 is 1.28 bits per heavy atom. The highest BCUT2D eigenvalue weighted by Gasteiger charge is 2.44. The molecule has 3 aliphatic heterocycles. The number of benzene rings is 2. The maximum Gasteiger partial charge on any atom is 0.328 e. The van der Waals surface area contributed by atoms with E-state index in [1.807, 2.05) is 26.0 Å². The van der Waals surface area contributed by atoms with Crippen LogP contribution >= 0.6 is 0 Å². The number of hydrogen-bond donors (Lipinski definition) is 10. The Hall–Kier alpha value is -7.07. The number of aliphatic carboxylic acids is 1. The van der Waals surface area contributed by atoms with Crippen molar-refractivity contribution in [2.75, 3.05) is 26.2 Å². The van der Waals surface area contributed by atoms with Crippen LogP contribution in [0, 0.1) is 11.8 Å². The summed E-state index contributed by atoms with van der Waals surface area (Å²) in [6.07, 6.45) is 3.17. The molecule has 11 N–H and O–H groups in total. The highest BCUT2D eigenvalue weighted by molar-refractivity contribution is 5.98. The van der Waals surface area contributed by atoms with Crippen LogP contribution in [0.3, 0.4) is 0 Å². The average molecular weight is 1030 g/mol. The van der Waals surface area contributed by atoms with E-state index < -0.39 is 108 Å². The van der Waals surface area contributed by atoms with Gasteiger partial charge in [0.15, 0.2) is 6.04 Å². The first-order chi connectivity index (χ1) is 35.2. The van der Waals surface area contributed by atoms with E-state index in [2.05, 4.69) is 31.6 Å². The summed E-state index contributed by atoms with van der Waals surface area (Å²) in [7, 11) is 0. The van der Waals surface area contributed by atoms with E-state index in [0.29, 0.717) is 62.7 Å². The van der Waals surface area contributed by atoms with Crippen molar-refractivity contribution in [1.82, 2.24) is 46.3 Å². The Labute approximate surface area is 429 Å². The third-order valence-electron chi connectivity index (χ3n) is 14.5. The second-order valence-corrected chi connectivity index (χ2v) is 20.1. The number of nitrogens with zero attached hydrogens (tertiary/aromatic N) is 3. The van der Waals surface area contributed by atoms with Crippen molar-refractivity contribution in [2.45, 2.75) is 147 Å². The molecule has 74 heavy (non-hydrogen) atoms. The predicted molar refractivity (Wildman–Crippen MR) is 270 cm³/mol. The van der Waals surface area contributed by atoms with Gasteiger partial charge in [0.2, 0.25) is 47.3 Å². The lowest BCUT2D eigenvalue weighted by atomic mass is 9.98. The van der Waals surface area contributed by atoms with Crippen LogP contribution in [0.15, 0.2) is 54.7 Å². The first-order valence-electron chi connectivity index (χ1n) is 25.6. The van der Waals surface area contributed by atoms with Crippen LogP contribution in [0.5, 0.6) is 5.75 Å². The fourth-order valence-electron chi connectivity index (χ4n) is 9.96. The molecule has 22 nitrogen and oxygen atoms in total. The van der Waals surface area contributed by atoms with Crippen LogP contribution in [-0.2, 0) is 56.0 Å². The summed E-state index contributed by atoms with van der Waals surface area (Å²) in [6.45, 7) is 8.77. The fraction of sp³-hybridized carbons (Fsp3) is 0.558. The van der Waals surface area contributed by atoms with Crippen molar-refractivity contribution in [3.8, 4) is 5.75 Å². The average Bonchev–Trinajstić information content (AvgIpc) is 4.23. The van der Waals surface area contributed by atoms with Gasteiger partial charge in [-0.2, -0.15) is 0 Å². The van der Waals surface area contributed by atoms with Crippen LogP contribution in [0.25, 0.3) is 10.9 Å². The molecule has 402 valence electrons. The Balaban J connectivity index is 1.12. The van der Waals surface area contributed by atoms with E-state index in [1.54, 1.807) is 44.3 Å². The summed E-state index contributed by atoms with van der Waals surface area (Å²) in [6, 6.07) is 4.02. The van der Waals surface area contributed by atoms with Gasteiger partial charge in [0.25, 0.3) is 0 Å². The van der Waals surface area contributed by atoms with E-state index >= 15 is 0 Å². The number of nitrogens with two attached hydrogens (primary N) is 1. The standard InChI is InChI=1S/C52H72N10O12/c1-6-29(4)42(53)50(71)62-23-11-16-40(62)49(70)60-21-9-14-38(60)47(68)55-27-41(65)58-43(28(2)3)51(72)61-22-10-15-39(61)48(69)57-36(24-31-17-19-33(64)20-18-31)45(66)56-37(46(67)59-44(30(5)63)52(73)74)25-32-26-54-35-13-8-7-12-34(32)35/h7-8,12-13,17-20,26,28-30,36-40,42-44,54,63-64H,6,9-11,14-16,21-25,27,53H2,1-5H3,(H,55,68)(H,56,66)(H,57,69)(H,58,65)(H,59,67)(H,73,74)/t29-,30+,36-,37-,38-,39-,40-,42-,43-,44-/m0/s1. The second kappa shape index (κ2) is 25.2. The number of carbonyl (C=O) groups is 9. The lowest BCUT2D eigenvalue weighted by Gasteiger charge is -2.33. The van der Waals surface area contributed by atoms with Crippen molar-refractivity contribution >= 4 is 64.1 Å². The molecule has 4 heterocycles. The summed E-state index contributed by atoms with van der Waals surface area (Å²) in [5.74, 6) is -7.01. The Bertz CT molecular complexity index is 2530. The Kier molecular flexibility index (Phi) is 19.2. The molecule has 3 saturated heterocycles. The van der Waals surface area contributed by atoms with Gasteiger partial charge in [-0.1, -0.05) is 64.4 Å². The number of rotatable bonds is 22. The van der Waals surface area contributed by atoms with Gasteiger partial charge in [0.05, 0.1) is 18.7 Å². The number of phenols is 1. The number of likely N-dealkylation sites (tertiary alicyclic amines) is 3. The number of nitrogens with one attached hydrogen (secondary N) is 6. The molecule has 0 bridgehead atoms. The van der Waals surface area contributed by atoms with Gasteiger partial charge < -0.3 is 67.3 Å². The van der Waals surface area contributed by atoms with Gasteiger partial charge in [-0.25, -0.2) is 4.79 Å². The molecule has 0 spiro atoms. The molecule has 2 aromatic carbocycles. The van der Waals surface area contributed by atoms with Crippen LogP contribution in [-0.4, -0.2) is 169 Å². The molecule has 22 heteroatoms. The minimum Gasteiger partial charge on any atom is -0.508 e. The van der Waals surface area contributed by atoms with Crippen LogP contribution in [0.2, 0.25) is 0 Å². The minimum atomic E-state index is -1.71. The first-order valence-corrected chi connectivity index (χ1v) is 25.6. The zero-order chi connectivity index (χ0) is 54.0. The number of aliphatic hydroxyl groups excluding tert-OH is 1. The van der Waals surface area contributed by atoms with E-state index in [1.165, 1.54) is 33.8 Å². The number of phenolic OH excluding ortho intramolecular Hbond substituents is 1. The van der Waals surface area contributed by atoms with Crippen molar-refractivity contribution in [2.24, 2.45) is 17.6 Å². The SMILES string of the molecule is CC[C@H](C)[C@H](N)C(=O)N1CCC[C@H]1C(=O)N1CCC[C@H]1C(=O)NCC(=O)N[C@H](C(=O)N1CCC[C@H]1C(=O)N[C@@H](Cc1ccc(O)cc1)C(=O)N[C@@H](Cc1c[nH]c2ccccc12)C(=O)N[C@H](C(=O)O)[C@@H](C)O)C(C)C. The molecular weight excluding hydrogens is 957 g/mol. The molecule has 10 atom stereocenters. The third kappa shape index (κ3) is 13.6. The maximum absolute atomic E-state index is 14.4. The maximum atomic E-state index is 14.4. The molecule has 6 rings (SSSR count). The first kappa shape index (κ1) is 56.2. The monoisotopic (exact) mass is 1030 g/mol. The lowest BCUT2D eigenvalue weighted by Crippen LogP contribution is -2.60. The van der Waals surface area contributed by atoms with Crippen molar-refractivity contribution in [3.05, 3.63) is 65.9 Å². The summed E-state index contributed by atoms with van der Waals surface area (Å²) in [5.41, 5.74) is 8.11. The number of para-hydroxylation sites is 1. The highest BCUT2D eigenvalue weighted by Crippen LogP contribution is 2.27. The number of aromatic amines is 1. The number of carbonyl (C=O) groups excluding carboxylic acids is 8. The Morgan fingerprint density at radius 1 is 0.703 bits per heavy atom. The summed E-state index contributed by atoms with van der Waals surface area (Å²) in [5, 5.41) is 43.8. The van der Waals surface area contributed by atoms with Gasteiger partial charge in [0, 0.05) is 49.6 Å². The highest BCUT2D eigenvalue weighted by atomic mass is 16.4. The van der Waals surface area contributed by atoms with Gasteiger partial charge in [-0.3, -0.25) is 38.4 Å². The largest absolute Gasteiger partial charge is 0.508 e. The van der Waals surface area contributed by atoms with Crippen LogP contribution < -0.4 is 32.3 Å². The lowest BCUT2D eigenvalue weighted by molar-refractivity contribution is -0.147. The van der Waals surface area contributed by atoms with Gasteiger partial charge in [-0.15, -0.1) is 0 Å². The molecule has 3 aromatic rings. The molecule has 0 saturated carbocycles. The number of aromatic nitrogens is 1. The number of hydrogen-bond acceptors (Lipinski definition) is 12. The van der Waals surface area contributed by atoms with E-state index in [9.17, 15) is 58.5 Å². The van der Waals surface area contributed by atoms with Crippen LogP contribution in [0.4, 0.5) is 0 Å². The molecule has 3 aliphatic rings. The van der Waals surface area contributed by atoms with Crippen molar-refractivity contribution in [1.29, 1.82) is 0 Å². The zero-order valence-corrected chi connectivity index (χ0v) is 42.7. The number of carboxylic acid groups (broad SMARTS) is 1. The van der Waals surface area contributed by atoms with Crippen molar-refractivity contribution in [3.63, 3.8) is 0 Å².